The van der Waals surface area contributed by atoms with E-state index in [2.05, 4.69) is 4.98 Å². The van der Waals surface area contributed by atoms with Gasteiger partial charge in [-0.1, -0.05) is 32.4 Å². The summed E-state index contributed by atoms with van der Waals surface area (Å²) in [4.78, 5) is 18.3. The van der Waals surface area contributed by atoms with Gasteiger partial charge in [0.15, 0.2) is 0 Å². The first-order valence-electron chi connectivity index (χ1n) is 6.39. The molecule has 1 saturated heterocycles. The summed E-state index contributed by atoms with van der Waals surface area (Å²) in [5.74, 6) is 0.169. The minimum Gasteiger partial charge on any atom is -0.396 e. The largest absolute Gasteiger partial charge is 0.396 e. The van der Waals surface area contributed by atoms with Gasteiger partial charge >= 0.3 is 0 Å². The van der Waals surface area contributed by atoms with Crippen molar-refractivity contribution in [3.8, 4) is 0 Å². The highest BCUT2D eigenvalue weighted by Gasteiger charge is 2.31. The van der Waals surface area contributed by atoms with Crippen LogP contribution in [-0.2, 0) is 5.41 Å². The molecule has 1 aliphatic heterocycles. The molecule has 4 nitrogen and oxygen atoms in total. The molecule has 1 fully saturated rings. The zero-order valence-corrected chi connectivity index (χ0v) is 12.2. The standard InChI is InChI=1S/C14H19ClN2O2/c1-14(2,3)11-4-10(5-12(15)16-11)13(19)17-6-9(7-17)8-18/h4-5,9,18H,6-8H2,1-3H3. The van der Waals surface area contributed by atoms with E-state index in [9.17, 15) is 4.79 Å². The molecule has 1 aromatic heterocycles. The highest BCUT2D eigenvalue weighted by Crippen LogP contribution is 2.25. The molecular formula is C14H19ClN2O2. The van der Waals surface area contributed by atoms with Gasteiger partial charge in [-0.25, -0.2) is 4.98 Å². The molecule has 0 spiro atoms. The van der Waals surface area contributed by atoms with Crippen molar-refractivity contribution in [2.24, 2.45) is 5.92 Å². The van der Waals surface area contributed by atoms with Crippen LogP contribution in [0.1, 0.15) is 36.8 Å². The average molecular weight is 283 g/mol. The number of aliphatic hydroxyl groups is 1. The third-order valence-electron chi connectivity index (χ3n) is 3.31. The minimum absolute atomic E-state index is 0.0421. The molecular weight excluding hydrogens is 264 g/mol. The lowest BCUT2D eigenvalue weighted by molar-refractivity contribution is 0.0361. The lowest BCUT2D eigenvalue weighted by atomic mass is 9.90. The van der Waals surface area contributed by atoms with Crippen molar-refractivity contribution >= 4 is 17.5 Å². The number of carbonyl (C=O) groups excluding carboxylic acids is 1. The van der Waals surface area contributed by atoms with E-state index < -0.39 is 0 Å². The van der Waals surface area contributed by atoms with Crippen molar-refractivity contribution in [1.82, 2.24) is 9.88 Å². The Morgan fingerprint density at radius 3 is 2.63 bits per heavy atom. The van der Waals surface area contributed by atoms with Gasteiger partial charge in [-0.15, -0.1) is 0 Å². The molecule has 0 unspecified atom stereocenters. The van der Waals surface area contributed by atoms with E-state index in [0.29, 0.717) is 23.8 Å². The van der Waals surface area contributed by atoms with Crippen molar-refractivity contribution in [2.75, 3.05) is 19.7 Å². The van der Waals surface area contributed by atoms with Crippen LogP contribution in [0.4, 0.5) is 0 Å². The normalized spacial score (nSPS) is 16.4. The molecule has 0 bridgehead atoms. The first kappa shape index (κ1) is 14.3. The molecule has 2 rings (SSSR count). The molecule has 19 heavy (non-hydrogen) atoms. The molecule has 104 valence electrons. The quantitative estimate of drug-likeness (QED) is 0.845. The molecule has 0 saturated carbocycles. The second-order valence-corrected chi connectivity index (χ2v) is 6.46. The summed E-state index contributed by atoms with van der Waals surface area (Å²) >= 11 is 6.00. The number of hydrogen-bond donors (Lipinski definition) is 1. The maximum absolute atomic E-state index is 12.3. The topological polar surface area (TPSA) is 53.4 Å². The Morgan fingerprint density at radius 2 is 2.11 bits per heavy atom. The third-order valence-corrected chi connectivity index (χ3v) is 3.51. The maximum Gasteiger partial charge on any atom is 0.254 e. The summed E-state index contributed by atoms with van der Waals surface area (Å²) in [7, 11) is 0. The molecule has 0 atom stereocenters. The fourth-order valence-corrected chi connectivity index (χ4v) is 2.25. The Morgan fingerprint density at radius 1 is 1.47 bits per heavy atom. The van der Waals surface area contributed by atoms with E-state index in [1.807, 2.05) is 20.8 Å². The van der Waals surface area contributed by atoms with Crippen LogP contribution in [0.25, 0.3) is 0 Å². The molecule has 0 aliphatic carbocycles. The van der Waals surface area contributed by atoms with Crippen LogP contribution in [-0.4, -0.2) is 40.6 Å². The molecule has 1 N–H and O–H groups in total. The number of aliphatic hydroxyl groups excluding tert-OH is 1. The number of pyridine rings is 1. The lowest BCUT2D eigenvalue weighted by Gasteiger charge is -2.38. The summed E-state index contributed by atoms with van der Waals surface area (Å²) < 4.78 is 0. The van der Waals surface area contributed by atoms with Crippen molar-refractivity contribution < 1.29 is 9.90 Å². The van der Waals surface area contributed by atoms with Crippen LogP contribution in [0.5, 0.6) is 0 Å². The van der Waals surface area contributed by atoms with Gasteiger partial charge in [0.25, 0.3) is 5.91 Å². The Kier molecular flexibility index (Phi) is 3.83. The number of carbonyl (C=O) groups is 1. The first-order chi connectivity index (χ1) is 8.81. The van der Waals surface area contributed by atoms with Gasteiger partial charge in [-0.05, 0) is 12.1 Å². The summed E-state index contributed by atoms with van der Waals surface area (Å²) in [5.41, 5.74) is 1.23. The Hall–Kier alpha value is -1.13. The van der Waals surface area contributed by atoms with Crippen molar-refractivity contribution in [2.45, 2.75) is 26.2 Å². The van der Waals surface area contributed by atoms with Crippen molar-refractivity contribution in [1.29, 1.82) is 0 Å². The summed E-state index contributed by atoms with van der Waals surface area (Å²) in [6.45, 7) is 7.45. The predicted molar refractivity (Wildman–Crippen MR) is 74.4 cm³/mol. The first-order valence-corrected chi connectivity index (χ1v) is 6.77. The molecule has 1 aromatic rings. The Balaban J connectivity index is 2.21. The molecule has 1 amide bonds. The number of halogens is 1. The highest BCUT2D eigenvalue weighted by molar-refractivity contribution is 6.29. The van der Waals surface area contributed by atoms with Gasteiger partial charge in [-0.3, -0.25) is 4.79 Å². The van der Waals surface area contributed by atoms with Crippen LogP contribution < -0.4 is 0 Å². The summed E-state index contributed by atoms with van der Waals surface area (Å²) in [5, 5.41) is 9.32. The fraction of sp³-hybridized carbons (Fsp3) is 0.571. The van der Waals surface area contributed by atoms with E-state index >= 15 is 0 Å². The third kappa shape index (κ3) is 3.07. The van der Waals surface area contributed by atoms with Gasteiger partial charge in [0.1, 0.15) is 5.15 Å². The summed E-state index contributed by atoms with van der Waals surface area (Å²) in [6.07, 6.45) is 0. The van der Waals surface area contributed by atoms with Gasteiger partial charge in [0.2, 0.25) is 0 Å². The van der Waals surface area contributed by atoms with E-state index in [1.165, 1.54) is 0 Å². The number of aromatic nitrogens is 1. The lowest BCUT2D eigenvalue weighted by Crippen LogP contribution is -2.51. The number of rotatable bonds is 2. The molecule has 0 aromatic carbocycles. The molecule has 5 heteroatoms. The van der Waals surface area contributed by atoms with Crippen LogP contribution in [0.3, 0.4) is 0 Å². The zero-order valence-electron chi connectivity index (χ0n) is 11.5. The van der Waals surface area contributed by atoms with Gasteiger partial charge in [-0.2, -0.15) is 0 Å². The SMILES string of the molecule is CC(C)(C)c1cc(C(=O)N2CC(CO)C2)cc(Cl)n1. The second kappa shape index (κ2) is 5.10. The van der Waals surface area contributed by atoms with Crippen LogP contribution >= 0.6 is 11.6 Å². The minimum atomic E-state index is -0.150. The summed E-state index contributed by atoms with van der Waals surface area (Å²) in [6, 6.07) is 3.41. The molecule has 2 heterocycles. The van der Waals surface area contributed by atoms with E-state index in [-0.39, 0.29) is 23.8 Å². The van der Waals surface area contributed by atoms with Crippen molar-refractivity contribution in [3.63, 3.8) is 0 Å². The zero-order chi connectivity index (χ0) is 14.2. The van der Waals surface area contributed by atoms with Crippen LogP contribution in [0.15, 0.2) is 12.1 Å². The monoisotopic (exact) mass is 282 g/mol. The Bertz CT molecular complexity index is 491. The van der Waals surface area contributed by atoms with E-state index in [4.69, 9.17) is 16.7 Å². The van der Waals surface area contributed by atoms with E-state index in [1.54, 1.807) is 17.0 Å². The van der Waals surface area contributed by atoms with Crippen LogP contribution in [0.2, 0.25) is 5.15 Å². The number of hydrogen-bond acceptors (Lipinski definition) is 3. The number of likely N-dealkylation sites (tertiary alicyclic amines) is 1. The van der Waals surface area contributed by atoms with Gasteiger partial charge in [0.05, 0.1) is 0 Å². The fourth-order valence-electron chi connectivity index (χ4n) is 2.04. The smallest absolute Gasteiger partial charge is 0.254 e. The molecule has 0 radical (unpaired) electrons. The molecule has 1 aliphatic rings. The highest BCUT2D eigenvalue weighted by atomic mass is 35.5. The van der Waals surface area contributed by atoms with Gasteiger partial charge < -0.3 is 10.0 Å². The van der Waals surface area contributed by atoms with E-state index in [0.717, 1.165) is 5.69 Å². The second-order valence-electron chi connectivity index (χ2n) is 6.07. The average Bonchev–Trinajstić information content (AvgIpc) is 2.25. The number of amides is 1. The van der Waals surface area contributed by atoms with Gasteiger partial charge in [0, 0.05) is 42.3 Å². The number of nitrogens with zero attached hydrogens (tertiary/aromatic N) is 2. The maximum atomic E-state index is 12.3. The van der Waals surface area contributed by atoms with Crippen LogP contribution in [0, 0.1) is 5.92 Å². The Labute approximate surface area is 118 Å². The predicted octanol–water partition coefficient (Wildman–Crippen LogP) is 2.10. The van der Waals surface area contributed by atoms with Crippen molar-refractivity contribution in [3.05, 3.63) is 28.5 Å².